The highest BCUT2D eigenvalue weighted by Crippen LogP contribution is 2.39. The molecule has 1 atom stereocenters. The van der Waals surface area contributed by atoms with Crippen LogP contribution in [0.2, 0.25) is 0 Å². The fraction of sp³-hybridized carbons (Fsp3) is 0.0952. The molecule has 0 bridgehead atoms. The number of amides is 1. The van der Waals surface area contributed by atoms with Crippen molar-refractivity contribution in [1.82, 2.24) is 9.88 Å². The standard InChI is InChI=1S/C21H15N3O5S/c25-19(13-6-8-14(9-7-13)24(28)29)17-18(16-5-1-2-10-22-16)23(21(27)20(17)26)12-15-4-3-11-30-15/h1-11,18,25H,12H2/b19-17-. The van der Waals surface area contributed by atoms with Crippen molar-refractivity contribution in [2.75, 3.05) is 0 Å². The number of hydrogen-bond acceptors (Lipinski definition) is 7. The van der Waals surface area contributed by atoms with Crippen LogP contribution in [-0.4, -0.2) is 31.6 Å². The fourth-order valence-electron chi connectivity index (χ4n) is 3.36. The van der Waals surface area contributed by atoms with Crippen molar-refractivity contribution in [2.45, 2.75) is 12.6 Å². The minimum atomic E-state index is -0.872. The number of carbonyl (C=O) groups excluding carboxylic acids is 2. The van der Waals surface area contributed by atoms with Crippen molar-refractivity contribution in [1.29, 1.82) is 0 Å². The minimum absolute atomic E-state index is 0.0934. The van der Waals surface area contributed by atoms with Gasteiger partial charge in [0.1, 0.15) is 11.8 Å². The molecule has 1 saturated heterocycles. The third-order valence-electron chi connectivity index (χ3n) is 4.77. The van der Waals surface area contributed by atoms with Crippen LogP contribution in [-0.2, 0) is 16.1 Å². The first-order valence-corrected chi connectivity index (χ1v) is 9.82. The maximum absolute atomic E-state index is 12.9. The number of rotatable bonds is 5. The molecule has 9 heteroatoms. The molecular formula is C21H15N3O5S. The zero-order valence-electron chi connectivity index (χ0n) is 15.5. The second kappa shape index (κ2) is 7.88. The summed E-state index contributed by atoms with van der Waals surface area (Å²) in [7, 11) is 0. The zero-order valence-corrected chi connectivity index (χ0v) is 16.3. The number of nitro groups is 1. The number of non-ortho nitro benzene ring substituents is 1. The molecule has 150 valence electrons. The lowest BCUT2D eigenvalue weighted by molar-refractivity contribution is -0.384. The van der Waals surface area contributed by atoms with E-state index in [2.05, 4.69) is 4.98 Å². The van der Waals surface area contributed by atoms with Crippen LogP contribution in [0.1, 0.15) is 22.2 Å². The van der Waals surface area contributed by atoms with Crippen LogP contribution in [0, 0.1) is 10.1 Å². The van der Waals surface area contributed by atoms with Gasteiger partial charge in [0.15, 0.2) is 0 Å². The summed E-state index contributed by atoms with van der Waals surface area (Å²) >= 11 is 1.45. The van der Waals surface area contributed by atoms with Crippen molar-refractivity contribution in [2.24, 2.45) is 0 Å². The first kappa shape index (κ1) is 19.5. The van der Waals surface area contributed by atoms with Gasteiger partial charge in [0.25, 0.3) is 17.4 Å². The summed E-state index contributed by atoms with van der Waals surface area (Å²) in [5.41, 5.74) is 0.405. The summed E-state index contributed by atoms with van der Waals surface area (Å²) in [5.74, 6) is -1.95. The Morgan fingerprint density at radius 1 is 1.13 bits per heavy atom. The van der Waals surface area contributed by atoms with E-state index in [4.69, 9.17) is 0 Å². The highest BCUT2D eigenvalue weighted by molar-refractivity contribution is 7.09. The number of nitro benzene ring substituents is 1. The Morgan fingerprint density at radius 3 is 2.50 bits per heavy atom. The van der Waals surface area contributed by atoms with Crippen LogP contribution in [0.3, 0.4) is 0 Å². The lowest BCUT2D eigenvalue weighted by Gasteiger charge is -2.24. The summed E-state index contributed by atoms with van der Waals surface area (Å²) in [5, 5.41) is 23.7. The number of likely N-dealkylation sites (tertiary alicyclic amines) is 1. The van der Waals surface area contributed by atoms with Crippen LogP contribution in [0.4, 0.5) is 5.69 Å². The molecule has 1 fully saturated rings. The van der Waals surface area contributed by atoms with Crippen molar-refractivity contribution in [3.05, 3.63) is 98.0 Å². The molecular weight excluding hydrogens is 406 g/mol. The molecule has 0 radical (unpaired) electrons. The molecule has 1 unspecified atom stereocenters. The highest BCUT2D eigenvalue weighted by atomic mass is 32.1. The van der Waals surface area contributed by atoms with Crippen LogP contribution in [0.25, 0.3) is 5.76 Å². The molecule has 8 nitrogen and oxygen atoms in total. The topological polar surface area (TPSA) is 114 Å². The van der Waals surface area contributed by atoms with Gasteiger partial charge >= 0.3 is 0 Å². The molecule has 2 aromatic heterocycles. The quantitative estimate of drug-likeness (QED) is 0.221. The Balaban J connectivity index is 1.83. The molecule has 1 aliphatic heterocycles. The molecule has 4 rings (SSSR count). The van der Waals surface area contributed by atoms with E-state index in [9.17, 15) is 24.8 Å². The average Bonchev–Trinajstić information content (AvgIpc) is 3.36. The van der Waals surface area contributed by atoms with E-state index in [1.54, 1.807) is 24.4 Å². The van der Waals surface area contributed by atoms with Gasteiger partial charge in [-0.05, 0) is 35.7 Å². The number of carbonyl (C=O) groups is 2. The number of aliphatic hydroxyl groups excluding tert-OH is 1. The second-order valence-electron chi connectivity index (χ2n) is 6.56. The summed E-state index contributed by atoms with van der Waals surface area (Å²) in [6, 6.07) is 13.1. The monoisotopic (exact) mass is 421 g/mol. The first-order valence-electron chi connectivity index (χ1n) is 8.94. The molecule has 0 spiro atoms. The lowest BCUT2D eigenvalue weighted by atomic mass is 9.98. The van der Waals surface area contributed by atoms with Gasteiger partial charge in [-0.2, -0.15) is 0 Å². The van der Waals surface area contributed by atoms with Crippen molar-refractivity contribution in [3.8, 4) is 0 Å². The number of Topliss-reactive ketones (excluding diaryl/α,β-unsaturated/α-hetero) is 1. The molecule has 0 aliphatic carbocycles. The predicted octanol–water partition coefficient (Wildman–Crippen LogP) is 3.67. The van der Waals surface area contributed by atoms with Gasteiger partial charge in [-0.1, -0.05) is 12.1 Å². The number of ketones is 1. The first-order chi connectivity index (χ1) is 14.5. The molecule has 1 amide bonds. The predicted molar refractivity (Wildman–Crippen MR) is 109 cm³/mol. The van der Waals surface area contributed by atoms with Crippen molar-refractivity contribution in [3.63, 3.8) is 0 Å². The van der Waals surface area contributed by atoms with Crippen molar-refractivity contribution < 1.29 is 19.6 Å². The van der Waals surface area contributed by atoms with Crippen LogP contribution >= 0.6 is 11.3 Å². The average molecular weight is 421 g/mol. The summed E-state index contributed by atoms with van der Waals surface area (Å²) in [6.07, 6.45) is 1.55. The number of benzene rings is 1. The maximum atomic E-state index is 12.9. The molecule has 3 heterocycles. The van der Waals surface area contributed by atoms with E-state index in [1.807, 2.05) is 17.5 Å². The Morgan fingerprint density at radius 2 is 1.90 bits per heavy atom. The van der Waals surface area contributed by atoms with Gasteiger partial charge in [0, 0.05) is 28.8 Å². The van der Waals surface area contributed by atoms with Gasteiger partial charge < -0.3 is 10.0 Å². The number of aromatic nitrogens is 1. The van der Waals surface area contributed by atoms with E-state index < -0.39 is 28.4 Å². The van der Waals surface area contributed by atoms with Crippen LogP contribution in [0.15, 0.2) is 71.7 Å². The van der Waals surface area contributed by atoms with E-state index in [-0.39, 0.29) is 23.4 Å². The third-order valence-corrected chi connectivity index (χ3v) is 5.63. The molecule has 1 aromatic carbocycles. The van der Waals surface area contributed by atoms with Gasteiger partial charge in [-0.3, -0.25) is 24.7 Å². The number of thiophene rings is 1. The molecule has 0 saturated carbocycles. The molecule has 30 heavy (non-hydrogen) atoms. The molecule has 3 aromatic rings. The highest BCUT2D eigenvalue weighted by Gasteiger charge is 2.46. The Bertz CT molecular complexity index is 1140. The number of pyridine rings is 1. The van der Waals surface area contributed by atoms with E-state index >= 15 is 0 Å². The van der Waals surface area contributed by atoms with Crippen molar-refractivity contribution >= 4 is 34.5 Å². The maximum Gasteiger partial charge on any atom is 0.296 e. The SMILES string of the molecule is O=C1C(=O)N(Cc2cccs2)C(c2ccccn2)/C1=C(/O)c1ccc([N+](=O)[O-])cc1. The second-order valence-corrected chi connectivity index (χ2v) is 7.60. The van der Waals surface area contributed by atoms with Gasteiger partial charge in [-0.25, -0.2) is 0 Å². The molecule has 1 N–H and O–H groups in total. The van der Waals surface area contributed by atoms with E-state index in [0.29, 0.717) is 5.69 Å². The van der Waals surface area contributed by atoms with Crippen LogP contribution in [0.5, 0.6) is 0 Å². The Hall–Kier alpha value is -3.85. The van der Waals surface area contributed by atoms with Gasteiger partial charge in [-0.15, -0.1) is 11.3 Å². The molecule has 1 aliphatic rings. The summed E-state index contributed by atoms with van der Waals surface area (Å²) in [4.78, 5) is 42.6. The number of hydrogen-bond donors (Lipinski definition) is 1. The Labute approximate surface area is 174 Å². The fourth-order valence-corrected chi connectivity index (χ4v) is 4.06. The van der Waals surface area contributed by atoms with E-state index in [1.165, 1.54) is 40.5 Å². The van der Waals surface area contributed by atoms with Gasteiger partial charge in [0.2, 0.25) is 0 Å². The summed E-state index contributed by atoms with van der Waals surface area (Å²) < 4.78 is 0. The minimum Gasteiger partial charge on any atom is -0.507 e. The third kappa shape index (κ3) is 3.46. The van der Waals surface area contributed by atoms with E-state index in [0.717, 1.165) is 4.88 Å². The number of nitrogens with zero attached hydrogens (tertiary/aromatic N) is 3. The smallest absolute Gasteiger partial charge is 0.296 e. The lowest BCUT2D eigenvalue weighted by Crippen LogP contribution is -2.29. The Kier molecular flexibility index (Phi) is 5.11. The van der Waals surface area contributed by atoms with Gasteiger partial charge in [0.05, 0.1) is 22.7 Å². The normalized spacial score (nSPS) is 18.0. The zero-order chi connectivity index (χ0) is 21.3. The summed E-state index contributed by atoms with van der Waals surface area (Å²) in [6.45, 7) is 0.195. The van der Waals surface area contributed by atoms with Crippen LogP contribution < -0.4 is 0 Å². The largest absolute Gasteiger partial charge is 0.507 e. The number of aliphatic hydroxyl groups is 1.